The van der Waals surface area contributed by atoms with Gasteiger partial charge in [-0.1, -0.05) is 12.8 Å². The third-order valence-corrected chi connectivity index (χ3v) is 3.43. The molecular weight excluding hydrogens is 244 g/mol. The number of aliphatic hydroxyl groups excluding tert-OH is 1. The molecule has 0 bridgehead atoms. The summed E-state index contributed by atoms with van der Waals surface area (Å²) in [6.07, 6.45) is 7.40. The van der Waals surface area contributed by atoms with Gasteiger partial charge in [-0.2, -0.15) is 0 Å². The largest absolute Gasteiger partial charge is 0.386 e. The summed E-state index contributed by atoms with van der Waals surface area (Å²) in [6, 6.07) is 0. The average Bonchev–Trinajstić information content (AvgIpc) is 2.70. The molecule has 14 heavy (non-hydrogen) atoms. The predicted molar refractivity (Wildman–Crippen MR) is 56.6 cm³/mol. The quantitative estimate of drug-likeness (QED) is 0.885. The summed E-state index contributed by atoms with van der Waals surface area (Å²) < 4.78 is 0.805. The zero-order valence-corrected chi connectivity index (χ0v) is 9.44. The zero-order chi connectivity index (χ0) is 9.97. The summed E-state index contributed by atoms with van der Waals surface area (Å²) >= 11 is 3.36. The Hall–Kier alpha value is -0.480. The molecule has 76 valence electrons. The fraction of sp³-hybridized carbons (Fsp3) is 0.600. The predicted octanol–water partition coefficient (Wildman–Crippen LogP) is 2.46. The zero-order valence-electron chi connectivity index (χ0n) is 7.86. The third-order valence-electron chi connectivity index (χ3n) is 2.82. The van der Waals surface area contributed by atoms with Crippen LogP contribution in [0.15, 0.2) is 17.0 Å². The Morgan fingerprint density at radius 3 is 2.79 bits per heavy atom. The molecule has 1 unspecified atom stereocenters. The molecule has 1 atom stereocenters. The van der Waals surface area contributed by atoms with Crippen LogP contribution in [-0.2, 0) is 0 Å². The number of hydrogen-bond donors (Lipinski definition) is 1. The topological polar surface area (TPSA) is 46.0 Å². The highest BCUT2D eigenvalue weighted by molar-refractivity contribution is 9.10. The molecule has 0 spiro atoms. The van der Waals surface area contributed by atoms with Gasteiger partial charge in [0.25, 0.3) is 0 Å². The molecule has 1 aliphatic carbocycles. The number of hydrogen-bond acceptors (Lipinski definition) is 3. The lowest BCUT2D eigenvalue weighted by Crippen LogP contribution is -2.11. The highest BCUT2D eigenvalue weighted by Crippen LogP contribution is 2.36. The maximum atomic E-state index is 10.1. The van der Waals surface area contributed by atoms with Crippen LogP contribution in [-0.4, -0.2) is 15.1 Å². The van der Waals surface area contributed by atoms with Crippen molar-refractivity contribution >= 4 is 15.9 Å². The second-order valence-corrected chi connectivity index (χ2v) is 4.60. The van der Waals surface area contributed by atoms with Gasteiger partial charge in [0.15, 0.2) is 0 Å². The fourth-order valence-corrected chi connectivity index (χ4v) is 2.49. The summed E-state index contributed by atoms with van der Waals surface area (Å²) in [6.45, 7) is 0. The lowest BCUT2D eigenvalue weighted by Gasteiger charge is -2.17. The van der Waals surface area contributed by atoms with Crippen LogP contribution in [0.25, 0.3) is 0 Å². The molecule has 0 amide bonds. The fourth-order valence-electron chi connectivity index (χ4n) is 2.04. The van der Waals surface area contributed by atoms with E-state index >= 15 is 0 Å². The van der Waals surface area contributed by atoms with E-state index in [0.717, 1.165) is 23.0 Å². The van der Waals surface area contributed by atoms with Crippen LogP contribution in [0.2, 0.25) is 0 Å². The van der Waals surface area contributed by atoms with Crippen LogP contribution in [0.3, 0.4) is 0 Å². The second-order valence-electron chi connectivity index (χ2n) is 3.75. The van der Waals surface area contributed by atoms with Crippen molar-refractivity contribution in [2.45, 2.75) is 31.8 Å². The van der Waals surface area contributed by atoms with Gasteiger partial charge in [0.1, 0.15) is 12.4 Å². The summed E-state index contributed by atoms with van der Waals surface area (Å²) in [7, 11) is 0. The second kappa shape index (κ2) is 4.36. The smallest absolute Gasteiger partial charge is 0.115 e. The average molecular weight is 257 g/mol. The maximum absolute atomic E-state index is 10.1. The maximum Gasteiger partial charge on any atom is 0.115 e. The van der Waals surface area contributed by atoms with Crippen molar-refractivity contribution in [3.8, 4) is 0 Å². The number of nitrogens with zero attached hydrogens (tertiary/aromatic N) is 2. The van der Waals surface area contributed by atoms with Gasteiger partial charge in [-0.05, 0) is 34.7 Å². The minimum atomic E-state index is -0.435. The number of rotatable bonds is 2. The van der Waals surface area contributed by atoms with Crippen molar-refractivity contribution < 1.29 is 5.11 Å². The van der Waals surface area contributed by atoms with Gasteiger partial charge < -0.3 is 5.11 Å². The molecule has 0 aromatic carbocycles. The number of aliphatic hydroxyl groups is 1. The van der Waals surface area contributed by atoms with Crippen LogP contribution in [0.4, 0.5) is 0 Å². The Balaban J connectivity index is 2.17. The van der Waals surface area contributed by atoms with Crippen molar-refractivity contribution in [1.29, 1.82) is 0 Å². The van der Waals surface area contributed by atoms with E-state index in [1.165, 1.54) is 19.2 Å². The summed E-state index contributed by atoms with van der Waals surface area (Å²) in [4.78, 5) is 8.00. The molecular formula is C10H13BrN2O. The van der Waals surface area contributed by atoms with Crippen LogP contribution in [0.1, 0.15) is 37.5 Å². The van der Waals surface area contributed by atoms with Crippen molar-refractivity contribution in [3.63, 3.8) is 0 Å². The standard InChI is InChI=1S/C10H13BrN2O/c11-8-5-12-6-13-9(8)10(14)7-3-1-2-4-7/h5-7,10,14H,1-4H2. The van der Waals surface area contributed by atoms with Crippen molar-refractivity contribution in [2.24, 2.45) is 5.92 Å². The molecule has 0 aliphatic heterocycles. The Morgan fingerprint density at radius 2 is 2.14 bits per heavy atom. The van der Waals surface area contributed by atoms with Crippen LogP contribution in [0, 0.1) is 5.92 Å². The first kappa shape index (κ1) is 10.1. The minimum absolute atomic E-state index is 0.376. The summed E-state index contributed by atoms with van der Waals surface area (Å²) in [5, 5.41) is 10.1. The third kappa shape index (κ3) is 1.96. The van der Waals surface area contributed by atoms with Crippen LogP contribution >= 0.6 is 15.9 Å². The van der Waals surface area contributed by atoms with Gasteiger partial charge in [-0.15, -0.1) is 0 Å². The Kier molecular flexibility index (Phi) is 3.13. The van der Waals surface area contributed by atoms with Crippen molar-refractivity contribution in [1.82, 2.24) is 9.97 Å². The molecule has 1 aliphatic rings. The minimum Gasteiger partial charge on any atom is -0.386 e. The highest BCUT2D eigenvalue weighted by atomic mass is 79.9. The monoisotopic (exact) mass is 256 g/mol. The van der Waals surface area contributed by atoms with E-state index < -0.39 is 6.10 Å². The van der Waals surface area contributed by atoms with Gasteiger partial charge in [-0.25, -0.2) is 9.97 Å². The normalized spacial score (nSPS) is 19.9. The SMILES string of the molecule is OC(c1ncncc1Br)C1CCCC1. The molecule has 0 saturated heterocycles. The molecule has 4 heteroatoms. The van der Waals surface area contributed by atoms with E-state index in [0.29, 0.717) is 5.92 Å². The first-order valence-electron chi connectivity index (χ1n) is 4.92. The Bertz CT molecular complexity index is 313. The summed E-state index contributed by atoms with van der Waals surface area (Å²) in [5.41, 5.74) is 0.729. The molecule has 1 saturated carbocycles. The van der Waals surface area contributed by atoms with Gasteiger partial charge in [0.2, 0.25) is 0 Å². The van der Waals surface area contributed by atoms with E-state index in [1.807, 2.05) is 0 Å². The van der Waals surface area contributed by atoms with Gasteiger partial charge in [0.05, 0.1) is 10.2 Å². The molecule has 2 rings (SSSR count). The van der Waals surface area contributed by atoms with Crippen molar-refractivity contribution in [2.75, 3.05) is 0 Å². The molecule has 1 aromatic rings. The molecule has 0 radical (unpaired) electrons. The first-order valence-corrected chi connectivity index (χ1v) is 5.72. The first-order chi connectivity index (χ1) is 6.79. The molecule has 1 aromatic heterocycles. The van der Waals surface area contributed by atoms with E-state index in [2.05, 4.69) is 25.9 Å². The Morgan fingerprint density at radius 1 is 1.43 bits per heavy atom. The van der Waals surface area contributed by atoms with Gasteiger partial charge in [0, 0.05) is 6.20 Å². The van der Waals surface area contributed by atoms with Gasteiger partial charge >= 0.3 is 0 Å². The van der Waals surface area contributed by atoms with Gasteiger partial charge in [-0.3, -0.25) is 0 Å². The van der Waals surface area contributed by atoms with E-state index in [-0.39, 0.29) is 0 Å². The van der Waals surface area contributed by atoms with E-state index in [1.54, 1.807) is 6.20 Å². The van der Waals surface area contributed by atoms with E-state index in [9.17, 15) is 5.11 Å². The van der Waals surface area contributed by atoms with Crippen LogP contribution in [0.5, 0.6) is 0 Å². The van der Waals surface area contributed by atoms with Crippen molar-refractivity contribution in [3.05, 3.63) is 22.7 Å². The molecule has 1 fully saturated rings. The molecule has 1 heterocycles. The molecule has 3 nitrogen and oxygen atoms in total. The molecule has 1 N–H and O–H groups in total. The highest BCUT2D eigenvalue weighted by Gasteiger charge is 2.26. The summed E-state index contributed by atoms with van der Waals surface area (Å²) in [5.74, 6) is 0.376. The van der Waals surface area contributed by atoms with Crippen LogP contribution < -0.4 is 0 Å². The number of halogens is 1. The lowest BCUT2D eigenvalue weighted by molar-refractivity contribution is 0.106. The van der Waals surface area contributed by atoms with E-state index in [4.69, 9.17) is 0 Å². The number of aromatic nitrogens is 2. The lowest BCUT2D eigenvalue weighted by atomic mass is 9.98. The Labute approximate surface area is 91.7 Å².